The fraction of sp³-hybridized carbons (Fsp3) is 0.381. The monoisotopic (exact) mass is 307 g/mol. The predicted octanol–water partition coefficient (Wildman–Crippen LogP) is 4.80. The predicted molar refractivity (Wildman–Crippen MR) is 95.7 cm³/mol. The Kier molecular flexibility index (Phi) is 3.59. The number of primary amides is 1. The van der Waals surface area contributed by atoms with E-state index in [1.54, 1.807) is 0 Å². The standard InChI is InChI=1S/C21H25NO/c1-20(2)12-13-21(3,4)18-16(20)11-10-15(17(18)19(22)23)14-8-6-5-7-9-14/h5-11H,12-13H2,1-4H3,(H2,22,23). The van der Waals surface area contributed by atoms with Crippen molar-refractivity contribution in [2.75, 3.05) is 0 Å². The Balaban J connectivity index is 2.37. The maximum atomic E-state index is 12.4. The van der Waals surface area contributed by atoms with E-state index in [1.165, 1.54) is 5.56 Å². The van der Waals surface area contributed by atoms with Gasteiger partial charge in [0.2, 0.25) is 5.91 Å². The smallest absolute Gasteiger partial charge is 0.249 e. The first-order valence-electron chi connectivity index (χ1n) is 8.27. The van der Waals surface area contributed by atoms with E-state index >= 15 is 0 Å². The van der Waals surface area contributed by atoms with Crippen molar-refractivity contribution >= 4 is 5.91 Å². The van der Waals surface area contributed by atoms with Crippen LogP contribution in [0.15, 0.2) is 42.5 Å². The van der Waals surface area contributed by atoms with Crippen molar-refractivity contribution in [2.45, 2.75) is 51.4 Å². The Labute approximate surface area is 138 Å². The zero-order valence-electron chi connectivity index (χ0n) is 14.4. The zero-order valence-corrected chi connectivity index (χ0v) is 14.4. The van der Waals surface area contributed by atoms with Crippen LogP contribution in [0.1, 0.15) is 62.0 Å². The van der Waals surface area contributed by atoms with Gasteiger partial charge in [-0.15, -0.1) is 0 Å². The summed E-state index contributed by atoms with van der Waals surface area (Å²) < 4.78 is 0. The second kappa shape index (κ2) is 5.23. The van der Waals surface area contributed by atoms with Crippen molar-refractivity contribution in [3.05, 3.63) is 59.2 Å². The molecule has 1 aliphatic carbocycles. The van der Waals surface area contributed by atoms with E-state index in [-0.39, 0.29) is 16.7 Å². The summed E-state index contributed by atoms with van der Waals surface area (Å²) in [6.07, 6.45) is 2.18. The lowest BCUT2D eigenvalue weighted by Gasteiger charge is -2.43. The molecule has 0 spiro atoms. The normalized spacial score (nSPS) is 18.3. The number of amides is 1. The molecule has 1 aliphatic rings. The maximum Gasteiger partial charge on any atom is 0.249 e. The quantitative estimate of drug-likeness (QED) is 0.850. The Morgan fingerprint density at radius 1 is 0.913 bits per heavy atom. The van der Waals surface area contributed by atoms with E-state index in [0.29, 0.717) is 5.56 Å². The number of rotatable bonds is 2. The molecule has 0 bridgehead atoms. The van der Waals surface area contributed by atoms with E-state index in [9.17, 15) is 4.79 Å². The highest BCUT2D eigenvalue weighted by molar-refractivity contribution is 6.02. The van der Waals surface area contributed by atoms with Gasteiger partial charge in [0.15, 0.2) is 0 Å². The number of nitrogens with two attached hydrogens (primary N) is 1. The summed E-state index contributed by atoms with van der Waals surface area (Å²) in [6.45, 7) is 8.96. The summed E-state index contributed by atoms with van der Waals surface area (Å²) in [4.78, 5) is 12.4. The highest BCUT2D eigenvalue weighted by Gasteiger charge is 2.40. The molecule has 3 rings (SSSR count). The van der Waals surface area contributed by atoms with Crippen LogP contribution in [-0.4, -0.2) is 5.91 Å². The minimum atomic E-state index is -0.327. The van der Waals surface area contributed by atoms with E-state index in [0.717, 1.165) is 29.5 Å². The largest absolute Gasteiger partial charge is 0.366 e. The average Bonchev–Trinajstić information content (AvgIpc) is 2.51. The lowest BCUT2D eigenvalue weighted by molar-refractivity contribution is 0.0997. The molecule has 0 fully saturated rings. The second-order valence-electron chi connectivity index (χ2n) is 7.91. The zero-order chi connectivity index (χ0) is 16.8. The van der Waals surface area contributed by atoms with Crippen LogP contribution < -0.4 is 5.73 Å². The Morgan fingerprint density at radius 3 is 2.13 bits per heavy atom. The Hall–Kier alpha value is -2.09. The minimum absolute atomic E-state index is 0.0417. The van der Waals surface area contributed by atoms with Crippen LogP contribution in [0.25, 0.3) is 11.1 Å². The molecule has 0 saturated carbocycles. The lowest BCUT2D eigenvalue weighted by atomic mass is 9.61. The second-order valence-corrected chi connectivity index (χ2v) is 7.91. The van der Waals surface area contributed by atoms with Gasteiger partial charge in [-0.2, -0.15) is 0 Å². The van der Waals surface area contributed by atoms with Crippen LogP contribution in [0.5, 0.6) is 0 Å². The molecule has 2 nitrogen and oxygen atoms in total. The van der Waals surface area contributed by atoms with E-state index < -0.39 is 0 Å². The van der Waals surface area contributed by atoms with Gasteiger partial charge >= 0.3 is 0 Å². The van der Waals surface area contributed by atoms with E-state index in [2.05, 4.69) is 39.8 Å². The molecule has 0 aromatic heterocycles. The van der Waals surface area contributed by atoms with Gasteiger partial charge in [-0.05, 0) is 45.9 Å². The van der Waals surface area contributed by atoms with Crippen molar-refractivity contribution in [1.82, 2.24) is 0 Å². The lowest BCUT2D eigenvalue weighted by Crippen LogP contribution is -2.36. The summed E-state index contributed by atoms with van der Waals surface area (Å²) in [5.41, 5.74) is 11.0. The van der Waals surface area contributed by atoms with Gasteiger partial charge in [0.25, 0.3) is 0 Å². The highest BCUT2D eigenvalue weighted by atomic mass is 16.1. The van der Waals surface area contributed by atoms with E-state index in [1.807, 2.05) is 30.3 Å². The summed E-state index contributed by atoms with van der Waals surface area (Å²) in [5.74, 6) is -0.327. The summed E-state index contributed by atoms with van der Waals surface area (Å²) in [7, 11) is 0. The van der Waals surface area contributed by atoms with Gasteiger partial charge in [0.05, 0.1) is 5.56 Å². The fourth-order valence-electron chi connectivity index (χ4n) is 3.87. The molecule has 0 saturated heterocycles. The van der Waals surface area contributed by atoms with Gasteiger partial charge in [0.1, 0.15) is 0 Å². The SMILES string of the molecule is CC1(C)CCC(C)(C)c2c1ccc(-c1ccccc1)c2C(N)=O. The van der Waals surface area contributed by atoms with Gasteiger partial charge in [-0.3, -0.25) is 4.79 Å². The maximum absolute atomic E-state index is 12.4. The molecule has 0 radical (unpaired) electrons. The molecule has 0 heterocycles. The fourth-order valence-corrected chi connectivity index (χ4v) is 3.87. The van der Waals surface area contributed by atoms with Crippen molar-refractivity contribution in [1.29, 1.82) is 0 Å². The first kappa shape index (κ1) is 15.8. The molecule has 1 amide bonds. The van der Waals surface area contributed by atoms with E-state index in [4.69, 9.17) is 5.73 Å². The molecule has 2 aromatic carbocycles. The molecule has 23 heavy (non-hydrogen) atoms. The molecule has 0 atom stereocenters. The number of hydrogen-bond donors (Lipinski definition) is 1. The Bertz CT molecular complexity index is 757. The molecule has 2 N–H and O–H groups in total. The van der Waals surface area contributed by atoms with Crippen LogP contribution in [0.3, 0.4) is 0 Å². The summed E-state index contributed by atoms with van der Waals surface area (Å²) in [6, 6.07) is 14.3. The van der Waals surface area contributed by atoms with Gasteiger partial charge in [0, 0.05) is 0 Å². The number of carbonyl (C=O) groups is 1. The number of hydrogen-bond acceptors (Lipinski definition) is 1. The third-order valence-corrected chi connectivity index (χ3v) is 5.32. The molecule has 0 unspecified atom stereocenters. The van der Waals surface area contributed by atoms with Crippen molar-refractivity contribution in [3.63, 3.8) is 0 Å². The van der Waals surface area contributed by atoms with Crippen LogP contribution in [0, 0.1) is 0 Å². The number of fused-ring (bicyclic) bond motifs is 1. The summed E-state index contributed by atoms with van der Waals surface area (Å²) >= 11 is 0. The number of carbonyl (C=O) groups excluding carboxylic acids is 1. The van der Waals surface area contributed by atoms with Crippen LogP contribution >= 0.6 is 0 Å². The first-order chi connectivity index (χ1) is 10.7. The minimum Gasteiger partial charge on any atom is -0.366 e. The third kappa shape index (κ3) is 2.56. The van der Waals surface area contributed by atoms with Crippen molar-refractivity contribution < 1.29 is 4.79 Å². The van der Waals surface area contributed by atoms with Crippen LogP contribution in [0.2, 0.25) is 0 Å². The molecular weight excluding hydrogens is 282 g/mol. The van der Waals surface area contributed by atoms with Crippen LogP contribution in [0.4, 0.5) is 0 Å². The highest BCUT2D eigenvalue weighted by Crippen LogP contribution is 2.48. The van der Waals surface area contributed by atoms with Crippen molar-refractivity contribution in [3.8, 4) is 11.1 Å². The third-order valence-electron chi connectivity index (χ3n) is 5.32. The Morgan fingerprint density at radius 2 is 1.52 bits per heavy atom. The average molecular weight is 307 g/mol. The van der Waals surface area contributed by atoms with Gasteiger partial charge in [-0.1, -0.05) is 70.2 Å². The topological polar surface area (TPSA) is 43.1 Å². The summed E-state index contributed by atoms with van der Waals surface area (Å²) in [5, 5.41) is 0. The van der Waals surface area contributed by atoms with Gasteiger partial charge < -0.3 is 5.73 Å². The van der Waals surface area contributed by atoms with Crippen LogP contribution in [-0.2, 0) is 10.8 Å². The number of benzene rings is 2. The molecular formula is C21H25NO. The van der Waals surface area contributed by atoms with Crippen molar-refractivity contribution in [2.24, 2.45) is 5.73 Å². The molecule has 2 aromatic rings. The molecule has 2 heteroatoms. The molecule has 120 valence electrons. The first-order valence-corrected chi connectivity index (χ1v) is 8.27. The van der Waals surface area contributed by atoms with Gasteiger partial charge in [-0.25, -0.2) is 0 Å². The molecule has 0 aliphatic heterocycles.